The van der Waals surface area contributed by atoms with Gasteiger partial charge in [-0.1, -0.05) is 12.1 Å². The molecule has 142 valence electrons. The molecule has 26 heavy (non-hydrogen) atoms. The van der Waals surface area contributed by atoms with E-state index in [9.17, 15) is 18.8 Å². The van der Waals surface area contributed by atoms with Crippen molar-refractivity contribution >= 4 is 30.0 Å². The molecule has 1 saturated heterocycles. The number of nitrogens with zero attached hydrogens (tertiary/aromatic N) is 1. The maximum absolute atomic E-state index is 13.1. The van der Waals surface area contributed by atoms with E-state index in [4.69, 9.17) is 4.74 Å². The predicted molar refractivity (Wildman–Crippen MR) is 97.2 cm³/mol. The van der Waals surface area contributed by atoms with E-state index in [1.165, 1.54) is 40.9 Å². The number of hydrogen-bond acceptors (Lipinski definition) is 5. The van der Waals surface area contributed by atoms with Crippen molar-refractivity contribution in [3.05, 3.63) is 35.6 Å². The third kappa shape index (κ3) is 5.45. The molecule has 1 heterocycles. The number of carbonyl (C=O) groups excluding carboxylic acids is 3. The van der Waals surface area contributed by atoms with Gasteiger partial charge in [0.15, 0.2) is 5.37 Å². The first-order valence-corrected chi connectivity index (χ1v) is 9.37. The summed E-state index contributed by atoms with van der Waals surface area (Å²) in [7, 11) is 0. The Morgan fingerprint density at radius 2 is 2.04 bits per heavy atom. The molecule has 0 radical (unpaired) electrons. The van der Waals surface area contributed by atoms with Crippen molar-refractivity contribution in [1.82, 2.24) is 10.2 Å². The van der Waals surface area contributed by atoms with Crippen molar-refractivity contribution < 1.29 is 23.5 Å². The quantitative estimate of drug-likeness (QED) is 0.793. The van der Waals surface area contributed by atoms with Gasteiger partial charge in [-0.15, -0.1) is 11.8 Å². The Morgan fingerprint density at radius 1 is 1.38 bits per heavy atom. The number of aldehydes is 1. The lowest BCUT2D eigenvalue weighted by atomic mass is 10.0. The SMILES string of the molecule is CC(C)(C)OC(=O)N1CCS[C@H]1C(=O)N[C@@H](CC=O)c1ccc(F)cc1. The van der Waals surface area contributed by atoms with E-state index < -0.39 is 28.9 Å². The van der Waals surface area contributed by atoms with Gasteiger partial charge in [0, 0.05) is 18.7 Å². The molecule has 0 aliphatic carbocycles. The molecule has 0 aromatic heterocycles. The van der Waals surface area contributed by atoms with Crippen LogP contribution in [0.25, 0.3) is 0 Å². The van der Waals surface area contributed by atoms with Gasteiger partial charge >= 0.3 is 6.09 Å². The average molecular weight is 382 g/mol. The Labute approximate surface area is 156 Å². The number of thioether (sulfide) groups is 1. The van der Waals surface area contributed by atoms with Crippen molar-refractivity contribution in [3.63, 3.8) is 0 Å². The highest BCUT2D eigenvalue weighted by Gasteiger charge is 2.38. The van der Waals surface area contributed by atoms with Crippen LogP contribution in [0.2, 0.25) is 0 Å². The molecule has 1 aliphatic heterocycles. The fourth-order valence-corrected chi connectivity index (χ4v) is 3.62. The van der Waals surface area contributed by atoms with Gasteiger partial charge in [0.2, 0.25) is 0 Å². The van der Waals surface area contributed by atoms with Gasteiger partial charge in [-0.2, -0.15) is 0 Å². The lowest BCUT2D eigenvalue weighted by Gasteiger charge is -2.28. The molecule has 1 aromatic rings. The van der Waals surface area contributed by atoms with Gasteiger partial charge in [0.05, 0.1) is 6.04 Å². The lowest BCUT2D eigenvalue weighted by Crippen LogP contribution is -2.47. The van der Waals surface area contributed by atoms with E-state index in [0.29, 0.717) is 24.1 Å². The van der Waals surface area contributed by atoms with Crippen LogP contribution in [0.5, 0.6) is 0 Å². The minimum absolute atomic E-state index is 0.0567. The summed E-state index contributed by atoms with van der Waals surface area (Å²) >= 11 is 1.34. The molecule has 8 heteroatoms. The molecule has 0 saturated carbocycles. The second-order valence-corrected chi connectivity index (χ2v) is 8.10. The molecule has 2 atom stereocenters. The number of amides is 2. The van der Waals surface area contributed by atoms with Gasteiger partial charge in [-0.05, 0) is 38.5 Å². The molecule has 2 amide bonds. The van der Waals surface area contributed by atoms with Crippen LogP contribution in [-0.4, -0.2) is 46.5 Å². The van der Waals surface area contributed by atoms with Crippen molar-refractivity contribution in [2.24, 2.45) is 0 Å². The Hall–Kier alpha value is -2.09. The molecule has 0 bridgehead atoms. The van der Waals surface area contributed by atoms with Crippen LogP contribution in [0.4, 0.5) is 9.18 Å². The predicted octanol–water partition coefficient (Wildman–Crippen LogP) is 2.88. The van der Waals surface area contributed by atoms with Crippen molar-refractivity contribution in [2.45, 2.75) is 44.2 Å². The molecule has 1 fully saturated rings. The number of hydrogen-bond donors (Lipinski definition) is 1. The standard InChI is InChI=1S/C18H23FN2O4S/c1-18(2,3)25-17(24)21-9-11-26-16(21)15(23)20-14(8-10-22)12-4-6-13(19)7-5-12/h4-7,10,14,16H,8-9,11H2,1-3H3,(H,20,23)/t14-,16-/m0/s1. The summed E-state index contributed by atoms with van der Waals surface area (Å²) in [5.74, 6) is -0.159. The minimum Gasteiger partial charge on any atom is -0.444 e. The maximum atomic E-state index is 13.1. The molecule has 0 spiro atoms. The van der Waals surface area contributed by atoms with Crippen LogP contribution in [0.1, 0.15) is 38.8 Å². The molecule has 6 nitrogen and oxygen atoms in total. The number of rotatable bonds is 5. The zero-order valence-corrected chi connectivity index (χ0v) is 15.8. The largest absolute Gasteiger partial charge is 0.444 e. The van der Waals surface area contributed by atoms with Crippen LogP contribution in [0.15, 0.2) is 24.3 Å². The maximum Gasteiger partial charge on any atom is 0.411 e. The van der Waals surface area contributed by atoms with Crippen molar-refractivity contribution in [3.8, 4) is 0 Å². The number of benzene rings is 1. The highest BCUT2D eigenvalue weighted by atomic mass is 32.2. The Kier molecular flexibility index (Phi) is 6.63. The summed E-state index contributed by atoms with van der Waals surface area (Å²) in [6, 6.07) is 5.02. The van der Waals surface area contributed by atoms with E-state index in [1.807, 2.05) is 0 Å². The highest BCUT2D eigenvalue weighted by Crippen LogP contribution is 2.27. The third-order valence-electron chi connectivity index (χ3n) is 3.66. The van der Waals surface area contributed by atoms with Crippen molar-refractivity contribution in [2.75, 3.05) is 12.3 Å². The molecular formula is C18H23FN2O4S. The fourth-order valence-electron chi connectivity index (χ4n) is 2.51. The van der Waals surface area contributed by atoms with E-state index in [1.54, 1.807) is 20.8 Å². The fraction of sp³-hybridized carbons (Fsp3) is 0.500. The molecule has 0 unspecified atom stereocenters. The third-order valence-corrected chi connectivity index (χ3v) is 4.87. The summed E-state index contributed by atoms with van der Waals surface area (Å²) in [5.41, 5.74) is -0.0295. The van der Waals surface area contributed by atoms with Crippen LogP contribution < -0.4 is 5.32 Å². The number of ether oxygens (including phenoxy) is 1. The van der Waals surface area contributed by atoms with E-state index in [0.717, 1.165) is 0 Å². The Bertz CT molecular complexity index is 660. The average Bonchev–Trinajstić information content (AvgIpc) is 3.03. The number of carbonyl (C=O) groups is 3. The minimum atomic E-state index is -0.723. The smallest absolute Gasteiger partial charge is 0.411 e. The summed E-state index contributed by atoms with van der Waals surface area (Å²) in [4.78, 5) is 37.3. The Balaban J connectivity index is 2.08. The first kappa shape index (κ1) is 20.2. The van der Waals surface area contributed by atoms with E-state index >= 15 is 0 Å². The normalized spacial score (nSPS) is 18.3. The van der Waals surface area contributed by atoms with E-state index in [2.05, 4.69) is 5.32 Å². The summed E-state index contributed by atoms with van der Waals surface area (Å²) < 4.78 is 18.4. The monoisotopic (exact) mass is 382 g/mol. The van der Waals surface area contributed by atoms with Crippen LogP contribution in [-0.2, 0) is 14.3 Å². The second kappa shape index (κ2) is 8.53. The molecule has 1 N–H and O–H groups in total. The number of halogens is 1. The first-order chi connectivity index (χ1) is 12.2. The van der Waals surface area contributed by atoms with Gasteiger partial charge in [-0.3, -0.25) is 9.69 Å². The van der Waals surface area contributed by atoms with Gasteiger partial charge in [0.25, 0.3) is 5.91 Å². The Morgan fingerprint density at radius 3 is 2.62 bits per heavy atom. The lowest BCUT2D eigenvalue weighted by molar-refractivity contribution is -0.124. The van der Waals surface area contributed by atoms with Crippen LogP contribution in [0, 0.1) is 5.82 Å². The van der Waals surface area contributed by atoms with Crippen molar-refractivity contribution in [1.29, 1.82) is 0 Å². The molecule has 1 aliphatic rings. The first-order valence-electron chi connectivity index (χ1n) is 8.32. The summed E-state index contributed by atoms with van der Waals surface area (Å²) in [6.45, 7) is 5.69. The van der Waals surface area contributed by atoms with Crippen LogP contribution in [0.3, 0.4) is 0 Å². The van der Waals surface area contributed by atoms with Crippen LogP contribution >= 0.6 is 11.8 Å². The molecule has 2 rings (SSSR count). The molecular weight excluding hydrogens is 359 g/mol. The topological polar surface area (TPSA) is 75.7 Å². The number of nitrogens with one attached hydrogen (secondary N) is 1. The van der Waals surface area contributed by atoms with Gasteiger partial charge in [0.1, 0.15) is 17.7 Å². The molecule has 1 aromatic carbocycles. The second-order valence-electron chi connectivity index (χ2n) is 6.91. The zero-order chi connectivity index (χ0) is 19.3. The summed E-state index contributed by atoms with van der Waals surface area (Å²) in [5, 5.41) is 2.06. The van der Waals surface area contributed by atoms with Gasteiger partial charge in [-0.25, -0.2) is 9.18 Å². The van der Waals surface area contributed by atoms with Gasteiger partial charge < -0.3 is 14.8 Å². The summed E-state index contributed by atoms with van der Waals surface area (Å²) in [6.07, 6.45) is 0.208. The zero-order valence-electron chi connectivity index (χ0n) is 15.0. The highest BCUT2D eigenvalue weighted by molar-refractivity contribution is 8.00. The van der Waals surface area contributed by atoms with E-state index in [-0.39, 0.29) is 12.3 Å².